The Kier molecular flexibility index (Phi) is 46.3. The fraction of sp³-hybridized carbons (Fsp3) is 0.902. The Bertz CT molecular complexity index is 795. The minimum Gasteiger partial charge on any atom is -0.394 e. The van der Waals surface area contributed by atoms with E-state index in [1.807, 2.05) is 0 Å². The summed E-state index contributed by atoms with van der Waals surface area (Å²) in [6, 6.07) is -0.537. The van der Waals surface area contributed by atoms with Gasteiger partial charge in [0.15, 0.2) is 0 Å². The molecule has 0 aliphatic rings. The lowest BCUT2D eigenvalue weighted by Crippen LogP contribution is -2.45. The van der Waals surface area contributed by atoms with Gasteiger partial charge >= 0.3 is 0 Å². The fourth-order valence-corrected chi connectivity index (χ4v) is 7.88. The van der Waals surface area contributed by atoms with Gasteiger partial charge in [-0.2, -0.15) is 0 Å². The summed E-state index contributed by atoms with van der Waals surface area (Å²) < 4.78 is 0. The standard InChI is InChI=1S/C51H99NO3/c1-3-5-7-9-11-13-15-17-19-21-23-24-25-26-27-29-30-32-34-36-38-40-42-44-46-50(54)49(48-53)52-51(55)47-45-43-41-39-37-35-33-31-28-22-20-18-16-14-12-10-8-6-4-2/h12,14,16,18,49-50,53-54H,3-11,13,15,17,19-48H2,1-2H3,(H,52,55)/b14-12-,18-16-. The highest BCUT2D eigenvalue weighted by atomic mass is 16.3. The van der Waals surface area contributed by atoms with E-state index in [0.29, 0.717) is 12.8 Å². The van der Waals surface area contributed by atoms with Crippen molar-refractivity contribution >= 4 is 5.91 Å². The number of nitrogens with one attached hydrogen (secondary N) is 1. The Balaban J connectivity index is 3.46. The second-order valence-corrected chi connectivity index (χ2v) is 17.3. The van der Waals surface area contributed by atoms with Crippen LogP contribution in [-0.4, -0.2) is 34.9 Å². The van der Waals surface area contributed by atoms with E-state index in [1.54, 1.807) is 0 Å². The van der Waals surface area contributed by atoms with Gasteiger partial charge in [-0.05, 0) is 38.5 Å². The minimum atomic E-state index is -0.660. The van der Waals surface area contributed by atoms with Crippen LogP contribution < -0.4 is 5.32 Å². The predicted molar refractivity (Wildman–Crippen MR) is 244 cm³/mol. The number of hydrogen-bond donors (Lipinski definition) is 3. The maximum absolute atomic E-state index is 12.4. The summed E-state index contributed by atoms with van der Waals surface area (Å²) in [5.74, 6) is -0.0319. The molecule has 2 atom stereocenters. The van der Waals surface area contributed by atoms with Crippen LogP contribution in [0.25, 0.3) is 0 Å². The molecule has 0 saturated heterocycles. The third-order valence-electron chi connectivity index (χ3n) is 11.7. The maximum Gasteiger partial charge on any atom is 0.220 e. The molecule has 0 radical (unpaired) electrons. The van der Waals surface area contributed by atoms with Gasteiger partial charge in [-0.1, -0.05) is 256 Å². The monoisotopic (exact) mass is 774 g/mol. The van der Waals surface area contributed by atoms with Crippen LogP contribution in [0.2, 0.25) is 0 Å². The molecular formula is C51H99NO3. The number of amides is 1. The molecule has 0 aromatic carbocycles. The van der Waals surface area contributed by atoms with Crippen molar-refractivity contribution in [2.24, 2.45) is 0 Å². The Morgan fingerprint density at radius 3 is 1.09 bits per heavy atom. The van der Waals surface area contributed by atoms with E-state index in [9.17, 15) is 15.0 Å². The highest BCUT2D eigenvalue weighted by molar-refractivity contribution is 5.76. The molecule has 55 heavy (non-hydrogen) atoms. The normalized spacial score (nSPS) is 13.0. The molecule has 0 spiro atoms. The second-order valence-electron chi connectivity index (χ2n) is 17.3. The first-order chi connectivity index (χ1) is 27.2. The molecule has 2 unspecified atom stereocenters. The van der Waals surface area contributed by atoms with Crippen molar-refractivity contribution in [2.75, 3.05) is 6.61 Å². The average molecular weight is 774 g/mol. The summed E-state index contributed by atoms with van der Waals surface area (Å²) in [4.78, 5) is 12.4. The number of unbranched alkanes of at least 4 members (excludes halogenated alkanes) is 36. The van der Waals surface area contributed by atoms with Crippen molar-refractivity contribution in [1.29, 1.82) is 0 Å². The number of carbonyl (C=O) groups is 1. The summed E-state index contributed by atoms with van der Waals surface area (Å²) in [7, 11) is 0. The molecule has 0 aliphatic carbocycles. The highest BCUT2D eigenvalue weighted by Crippen LogP contribution is 2.17. The Morgan fingerprint density at radius 2 is 0.727 bits per heavy atom. The third-order valence-corrected chi connectivity index (χ3v) is 11.7. The van der Waals surface area contributed by atoms with Crippen LogP contribution in [-0.2, 0) is 4.79 Å². The van der Waals surface area contributed by atoms with E-state index in [4.69, 9.17) is 0 Å². The number of aliphatic hydroxyl groups excluding tert-OH is 2. The zero-order valence-corrected chi connectivity index (χ0v) is 37.5. The van der Waals surface area contributed by atoms with Gasteiger partial charge < -0.3 is 15.5 Å². The van der Waals surface area contributed by atoms with E-state index in [2.05, 4.69) is 43.5 Å². The molecule has 3 N–H and O–H groups in total. The van der Waals surface area contributed by atoms with Crippen LogP contribution in [0.3, 0.4) is 0 Å². The van der Waals surface area contributed by atoms with Crippen LogP contribution >= 0.6 is 0 Å². The van der Waals surface area contributed by atoms with E-state index in [0.717, 1.165) is 25.7 Å². The quantitative estimate of drug-likeness (QED) is 0.0426. The molecule has 0 heterocycles. The first kappa shape index (κ1) is 53.9. The number of hydrogen-bond acceptors (Lipinski definition) is 3. The topological polar surface area (TPSA) is 69.6 Å². The molecule has 326 valence electrons. The fourth-order valence-electron chi connectivity index (χ4n) is 7.88. The predicted octanol–water partition coefficient (Wildman–Crippen LogP) is 16.0. The van der Waals surface area contributed by atoms with E-state index >= 15 is 0 Å². The first-order valence-corrected chi connectivity index (χ1v) is 25.1. The van der Waals surface area contributed by atoms with Crippen molar-refractivity contribution in [3.63, 3.8) is 0 Å². The zero-order valence-electron chi connectivity index (χ0n) is 37.5. The van der Waals surface area contributed by atoms with E-state index < -0.39 is 12.1 Å². The summed E-state index contributed by atoms with van der Waals surface area (Å²) in [6.45, 7) is 4.35. The molecule has 0 bridgehead atoms. The van der Waals surface area contributed by atoms with Crippen LogP contribution in [0.15, 0.2) is 24.3 Å². The van der Waals surface area contributed by atoms with Crippen molar-refractivity contribution < 1.29 is 15.0 Å². The number of carbonyl (C=O) groups excluding carboxylic acids is 1. The summed E-state index contributed by atoms with van der Waals surface area (Å²) >= 11 is 0. The van der Waals surface area contributed by atoms with Crippen molar-refractivity contribution in [3.8, 4) is 0 Å². The number of aliphatic hydroxyl groups is 2. The molecule has 0 rings (SSSR count). The molecule has 0 fully saturated rings. The average Bonchev–Trinajstić information content (AvgIpc) is 3.19. The van der Waals surface area contributed by atoms with Crippen LogP contribution in [0, 0.1) is 0 Å². The van der Waals surface area contributed by atoms with Crippen molar-refractivity contribution in [3.05, 3.63) is 24.3 Å². The number of rotatable bonds is 46. The highest BCUT2D eigenvalue weighted by Gasteiger charge is 2.20. The van der Waals surface area contributed by atoms with E-state index in [1.165, 1.54) is 225 Å². The van der Waals surface area contributed by atoms with Crippen LogP contribution in [0.4, 0.5) is 0 Å². The van der Waals surface area contributed by atoms with Gasteiger partial charge in [0.05, 0.1) is 18.8 Å². The first-order valence-electron chi connectivity index (χ1n) is 25.1. The van der Waals surface area contributed by atoms with Gasteiger partial charge in [0.2, 0.25) is 5.91 Å². The SMILES string of the molecule is CCCCC/C=C\C=C/CCCCCCCCCCCCC(=O)NC(CO)C(O)CCCCCCCCCCCCCCCCCCCCCCCCCC. The Morgan fingerprint density at radius 1 is 0.436 bits per heavy atom. The molecule has 0 aromatic heterocycles. The van der Waals surface area contributed by atoms with Gasteiger partial charge in [0.1, 0.15) is 0 Å². The lowest BCUT2D eigenvalue weighted by atomic mass is 10.0. The molecule has 4 nitrogen and oxygen atoms in total. The molecule has 4 heteroatoms. The maximum atomic E-state index is 12.4. The minimum absolute atomic E-state index is 0.0319. The van der Waals surface area contributed by atoms with Crippen molar-refractivity contribution in [1.82, 2.24) is 5.32 Å². The largest absolute Gasteiger partial charge is 0.394 e. The van der Waals surface area contributed by atoms with Gasteiger partial charge in [0, 0.05) is 6.42 Å². The lowest BCUT2D eigenvalue weighted by Gasteiger charge is -2.22. The molecule has 1 amide bonds. The Labute approximate surface area is 345 Å². The summed E-state index contributed by atoms with van der Waals surface area (Å²) in [5, 5.41) is 23.3. The van der Waals surface area contributed by atoms with Gasteiger partial charge in [0.25, 0.3) is 0 Å². The third kappa shape index (κ3) is 43.8. The number of allylic oxidation sites excluding steroid dienone is 4. The lowest BCUT2D eigenvalue weighted by molar-refractivity contribution is -0.123. The molecule has 0 saturated carbocycles. The van der Waals surface area contributed by atoms with Gasteiger partial charge in [-0.15, -0.1) is 0 Å². The zero-order chi connectivity index (χ0) is 40.0. The molecule has 0 aromatic rings. The molecule has 0 aliphatic heterocycles. The molecular weight excluding hydrogens is 675 g/mol. The second kappa shape index (κ2) is 47.2. The van der Waals surface area contributed by atoms with Crippen LogP contribution in [0.5, 0.6) is 0 Å². The van der Waals surface area contributed by atoms with Gasteiger partial charge in [-0.25, -0.2) is 0 Å². The van der Waals surface area contributed by atoms with Crippen molar-refractivity contribution in [2.45, 2.75) is 289 Å². The smallest absolute Gasteiger partial charge is 0.220 e. The van der Waals surface area contributed by atoms with E-state index in [-0.39, 0.29) is 12.5 Å². The Hall–Kier alpha value is -1.13. The van der Waals surface area contributed by atoms with Gasteiger partial charge in [-0.3, -0.25) is 4.79 Å². The van der Waals surface area contributed by atoms with Crippen LogP contribution in [0.1, 0.15) is 277 Å². The summed E-state index contributed by atoms with van der Waals surface area (Å²) in [5.41, 5.74) is 0. The summed E-state index contributed by atoms with van der Waals surface area (Å²) in [6.07, 6.45) is 61.3.